The lowest BCUT2D eigenvalue weighted by Gasteiger charge is -2.21. The van der Waals surface area contributed by atoms with Crippen LogP contribution in [0.5, 0.6) is 0 Å². The third-order valence-electron chi connectivity index (χ3n) is 2.82. The van der Waals surface area contributed by atoms with Crippen LogP contribution in [0.25, 0.3) is 0 Å². The van der Waals surface area contributed by atoms with Gasteiger partial charge in [-0.3, -0.25) is 0 Å². The van der Waals surface area contributed by atoms with E-state index in [0.717, 1.165) is 17.7 Å². The quantitative estimate of drug-likeness (QED) is 0.642. The third-order valence-corrected chi connectivity index (χ3v) is 2.82. The summed E-state index contributed by atoms with van der Waals surface area (Å²) < 4.78 is 0. The van der Waals surface area contributed by atoms with E-state index < -0.39 is 0 Å². The lowest BCUT2D eigenvalue weighted by molar-refractivity contribution is 0.790. The molecule has 0 fully saturated rings. The summed E-state index contributed by atoms with van der Waals surface area (Å²) in [7, 11) is 1.97. The summed E-state index contributed by atoms with van der Waals surface area (Å²) in [5.74, 6) is 1.03. The Kier molecular flexibility index (Phi) is 5.23. The molecule has 1 aromatic carbocycles. The van der Waals surface area contributed by atoms with E-state index >= 15 is 0 Å². The van der Waals surface area contributed by atoms with E-state index in [9.17, 15) is 0 Å². The Hall–Kier alpha value is -2.17. The zero-order chi connectivity index (χ0) is 14.4. The molecule has 1 aromatic rings. The lowest BCUT2D eigenvalue weighted by atomic mass is 10.2. The molecule has 0 spiro atoms. The van der Waals surface area contributed by atoms with Crippen molar-refractivity contribution in [3.63, 3.8) is 0 Å². The molecule has 0 saturated carbocycles. The largest absolute Gasteiger partial charge is 0.383 e. The molecular formula is C14H21N5. The summed E-state index contributed by atoms with van der Waals surface area (Å²) in [6, 6.07) is 8.12. The number of aliphatic imine (C=N–C) groups is 2. The molecule has 1 rings (SSSR count). The molecule has 1 unspecified atom stereocenters. The first-order chi connectivity index (χ1) is 8.95. The summed E-state index contributed by atoms with van der Waals surface area (Å²) in [5, 5.41) is 6.99. The second-order valence-electron chi connectivity index (χ2n) is 4.35. The predicted molar refractivity (Wildman–Crippen MR) is 82.6 cm³/mol. The topological polar surface area (TPSA) is 77.8 Å². The van der Waals surface area contributed by atoms with Crippen molar-refractivity contribution >= 4 is 23.6 Å². The SMILES string of the molecule is CC(=NC(C)N=C(N)C=N)N(C)c1ccccc1C. The number of aryl methyl sites for hydroxylation is 1. The maximum absolute atomic E-state index is 6.99. The molecule has 5 nitrogen and oxygen atoms in total. The Labute approximate surface area is 114 Å². The van der Waals surface area contributed by atoms with Gasteiger partial charge in [0.15, 0.2) is 0 Å². The first-order valence-corrected chi connectivity index (χ1v) is 6.13. The number of anilines is 1. The van der Waals surface area contributed by atoms with Crippen LogP contribution >= 0.6 is 0 Å². The fraction of sp³-hybridized carbons (Fsp3) is 0.357. The first-order valence-electron chi connectivity index (χ1n) is 6.13. The number of rotatable bonds is 4. The molecular weight excluding hydrogens is 238 g/mol. The van der Waals surface area contributed by atoms with E-state index in [1.165, 1.54) is 5.56 Å². The van der Waals surface area contributed by atoms with Crippen molar-refractivity contribution in [2.45, 2.75) is 26.9 Å². The van der Waals surface area contributed by atoms with Gasteiger partial charge in [0.25, 0.3) is 0 Å². The molecule has 0 amide bonds. The maximum atomic E-state index is 6.99. The number of benzene rings is 1. The number of nitrogens with zero attached hydrogens (tertiary/aromatic N) is 3. The van der Waals surface area contributed by atoms with Crippen LogP contribution in [0.15, 0.2) is 34.3 Å². The Bertz CT molecular complexity index is 504. The van der Waals surface area contributed by atoms with Gasteiger partial charge >= 0.3 is 0 Å². The van der Waals surface area contributed by atoms with Gasteiger partial charge in [0.05, 0.1) is 6.21 Å². The minimum atomic E-state index is -0.298. The number of hydrogen-bond acceptors (Lipinski definition) is 3. The van der Waals surface area contributed by atoms with Crippen molar-refractivity contribution in [3.05, 3.63) is 29.8 Å². The molecule has 0 bridgehead atoms. The molecule has 0 saturated heterocycles. The first kappa shape index (κ1) is 14.9. The number of nitrogens with one attached hydrogen (secondary N) is 1. The number of amidine groups is 2. The fourth-order valence-electron chi connectivity index (χ4n) is 1.75. The number of para-hydroxylation sites is 1. The molecule has 0 aliphatic rings. The molecule has 0 aliphatic heterocycles. The van der Waals surface area contributed by atoms with Crippen LogP contribution in [0, 0.1) is 12.3 Å². The molecule has 3 N–H and O–H groups in total. The monoisotopic (exact) mass is 259 g/mol. The highest BCUT2D eigenvalue weighted by Crippen LogP contribution is 2.18. The van der Waals surface area contributed by atoms with E-state index in [-0.39, 0.29) is 12.0 Å². The van der Waals surface area contributed by atoms with Crippen LogP contribution in [0.4, 0.5) is 5.69 Å². The van der Waals surface area contributed by atoms with Gasteiger partial charge in [0.2, 0.25) is 0 Å². The van der Waals surface area contributed by atoms with Gasteiger partial charge in [-0.15, -0.1) is 0 Å². The van der Waals surface area contributed by atoms with Crippen LogP contribution in [0.3, 0.4) is 0 Å². The zero-order valence-corrected chi connectivity index (χ0v) is 11.9. The van der Waals surface area contributed by atoms with Gasteiger partial charge in [-0.2, -0.15) is 0 Å². The fourth-order valence-corrected chi connectivity index (χ4v) is 1.75. The van der Waals surface area contributed by atoms with Gasteiger partial charge in [-0.1, -0.05) is 18.2 Å². The van der Waals surface area contributed by atoms with Crippen LogP contribution in [-0.4, -0.2) is 31.1 Å². The summed E-state index contributed by atoms with van der Waals surface area (Å²) in [5.41, 5.74) is 7.79. The Balaban J connectivity index is 2.91. The van der Waals surface area contributed by atoms with Crippen molar-refractivity contribution in [1.29, 1.82) is 5.41 Å². The summed E-state index contributed by atoms with van der Waals surface area (Å²) in [6.07, 6.45) is 0.722. The highest BCUT2D eigenvalue weighted by molar-refractivity contribution is 6.27. The Morgan fingerprint density at radius 3 is 2.58 bits per heavy atom. The highest BCUT2D eigenvalue weighted by atomic mass is 15.2. The smallest absolute Gasteiger partial charge is 0.141 e. The van der Waals surface area contributed by atoms with Crippen molar-refractivity contribution in [2.75, 3.05) is 11.9 Å². The normalized spacial score (nSPS) is 14.1. The van der Waals surface area contributed by atoms with Crippen molar-refractivity contribution in [3.8, 4) is 0 Å². The molecule has 0 aromatic heterocycles. The molecule has 1 atom stereocenters. The average molecular weight is 259 g/mol. The summed E-state index contributed by atoms with van der Waals surface area (Å²) in [6.45, 7) is 5.83. The second-order valence-corrected chi connectivity index (χ2v) is 4.35. The Morgan fingerprint density at radius 1 is 1.37 bits per heavy atom. The predicted octanol–water partition coefficient (Wildman–Crippen LogP) is 2.20. The zero-order valence-electron chi connectivity index (χ0n) is 11.9. The maximum Gasteiger partial charge on any atom is 0.141 e. The van der Waals surface area contributed by atoms with E-state index in [1.54, 1.807) is 0 Å². The molecule has 0 radical (unpaired) electrons. The highest BCUT2D eigenvalue weighted by Gasteiger charge is 2.07. The van der Waals surface area contributed by atoms with E-state index in [4.69, 9.17) is 11.1 Å². The minimum absolute atomic E-state index is 0.183. The van der Waals surface area contributed by atoms with Gasteiger partial charge in [0, 0.05) is 12.7 Å². The van der Waals surface area contributed by atoms with Crippen LogP contribution < -0.4 is 10.6 Å². The Morgan fingerprint density at radius 2 is 2.00 bits per heavy atom. The van der Waals surface area contributed by atoms with Crippen LogP contribution in [-0.2, 0) is 0 Å². The molecule has 0 aliphatic carbocycles. The van der Waals surface area contributed by atoms with E-state index in [1.807, 2.05) is 44.0 Å². The van der Waals surface area contributed by atoms with E-state index in [2.05, 4.69) is 23.0 Å². The molecule has 5 heteroatoms. The van der Waals surface area contributed by atoms with Crippen molar-refractivity contribution in [1.82, 2.24) is 0 Å². The van der Waals surface area contributed by atoms with Crippen LogP contribution in [0.2, 0.25) is 0 Å². The van der Waals surface area contributed by atoms with E-state index in [0.29, 0.717) is 0 Å². The number of hydrogen-bond donors (Lipinski definition) is 2. The average Bonchev–Trinajstić information content (AvgIpc) is 2.38. The third kappa shape index (κ3) is 4.21. The van der Waals surface area contributed by atoms with Crippen molar-refractivity contribution in [2.24, 2.45) is 15.7 Å². The molecule has 102 valence electrons. The van der Waals surface area contributed by atoms with Crippen molar-refractivity contribution < 1.29 is 0 Å². The van der Waals surface area contributed by atoms with Gasteiger partial charge in [0.1, 0.15) is 17.8 Å². The van der Waals surface area contributed by atoms with Gasteiger partial charge < -0.3 is 16.0 Å². The molecule has 19 heavy (non-hydrogen) atoms. The summed E-state index contributed by atoms with van der Waals surface area (Å²) >= 11 is 0. The summed E-state index contributed by atoms with van der Waals surface area (Å²) in [4.78, 5) is 10.5. The van der Waals surface area contributed by atoms with Gasteiger partial charge in [-0.25, -0.2) is 9.98 Å². The number of nitrogens with two attached hydrogens (primary N) is 1. The second kappa shape index (κ2) is 6.68. The lowest BCUT2D eigenvalue weighted by Crippen LogP contribution is -2.26. The standard InChI is InChI=1S/C14H21N5/c1-10-7-5-6-8-13(10)19(4)12(3)17-11(2)18-14(16)9-15/h5-9,11,15H,1-4H3,(H2,16,18). The van der Waals surface area contributed by atoms with Crippen LogP contribution in [0.1, 0.15) is 19.4 Å². The van der Waals surface area contributed by atoms with Gasteiger partial charge in [-0.05, 0) is 32.4 Å². The molecule has 0 heterocycles. The minimum Gasteiger partial charge on any atom is -0.383 e.